The second kappa shape index (κ2) is 6.11. The first-order valence-electron chi connectivity index (χ1n) is 7.43. The van der Waals surface area contributed by atoms with Crippen molar-refractivity contribution in [2.75, 3.05) is 0 Å². The van der Waals surface area contributed by atoms with Crippen molar-refractivity contribution in [3.05, 3.63) is 66.5 Å². The Bertz CT molecular complexity index is 1100. The minimum Gasteiger partial charge on any atom is -0.243 e. The molecule has 0 aliphatic heterocycles. The van der Waals surface area contributed by atoms with Crippen molar-refractivity contribution in [1.29, 1.82) is 0 Å². The normalized spacial score (nSPS) is 11.8. The number of sulfonamides is 1. The summed E-state index contributed by atoms with van der Waals surface area (Å²) >= 11 is 0. The van der Waals surface area contributed by atoms with Crippen molar-refractivity contribution in [2.45, 2.75) is 11.4 Å². The van der Waals surface area contributed by atoms with Crippen LogP contribution in [-0.4, -0.2) is 28.5 Å². The van der Waals surface area contributed by atoms with Crippen LogP contribution in [0.1, 0.15) is 5.56 Å². The molecule has 0 aliphatic carbocycles. The maximum atomic E-state index is 12.5. The van der Waals surface area contributed by atoms with Gasteiger partial charge in [-0.05, 0) is 46.2 Å². The smallest absolute Gasteiger partial charge is 0.243 e. The summed E-state index contributed by atoms with van der Waals surface area (Å²) < 4.78 is 34.0. The fourth-order valence-electron chi connectivity index (χ4n) is 2.44. The zero-order chi connectivity index (χ0) is 17.3. The van der Waals surface area contributed by atoms with E-state index in [9.17, 15) is 8.42 Å². The molecule has 9 heteroatoms. The summed E-state index contributed by atoms with van der Waals surface area (Å²) in [7, 11) is -3.74. The summed E-state index contributed by atoms with van der Waals surface area (Å²) in [5.41, 5.74) is 2.33. The fraction of sp³-hybridized carbons (Fsp3) is 0.0625. The molecule has 0 saturated carbocycles. The Morgan fingerprint density at radius 3 is 2.64 bits per heavy atom. The van der Waals surface area contributed by atoms with Gasteiger partial charge in [-0.3, -0.25) is 0 Å². The molecule has 0 bridgehead atoms. The molecule has 126 valence electrons. The van der Waals surface area contributed by atoms with Gasteiger partial charge in [0.15, 0.2) is 5.52 Å². The number of benzene rings is 2. The van der Waals surface area contributed by atoms with E-state index in [1.54, 1.807) is 23.0 Å². The molecule has 2 heterocycles. The van der Waals surface area contributed by atoms with Gasteiger partial charge in [0.2, 0.25) is 10.0 Å². The molecule has 0 fully saturated rings. The first-order chi connectivity index (χ1) is 12.1. The predicted octanol–water partition coefficient (Wildman–Crippen LogP) is 1.89. The molecule has 2 aromatic carbocycles. The number of nitrogens with one attached hydrogen (secondary N) is 1. The molecule has 4 aromatic rings. The summed E-state index contributed by atoms with van der Waals surface area (Å²) in [6.07, 6.45) is 3.53. The molecule has 0 radical (unpaired) electrons. The molecule has 25 heavy (non-hydrogen) atoms. The van der Waals surface area contributed by atoms with Gasteiger partial charge in [0, 0.05) is 18.9 Å². The van der Waals surface area contributed by atoms with Crippen LogP contribution in [0, 0.1) is 0 Å². The maximum absolute atomic E-state index is 12.5. The number of rotatable bonds is 5. The minimum absolute atomic E-state index is 0.0411. The van der Waals surface area contributed by atoms with Crippen molar-refractivity contribution in [3.8, 4) is 5.69 Å². The monoisotopic (exact) mass is 355 g/mol. The van der Waals surface area contributed by atoms with Gasteiger partial charge in [-0.1, -0.05) is 18.2 Å². The largest absolute Gasteiger partial charge is 0.243 e. The van der Waals surface area contributed by atoms with Crippen LogP contribution in [0.5, 0.6) is 0 Å². The molecule has 8 nitrogen and oxygen atoms in total. The SMILES string of the molecule is O=S(=O)(NCc1ccc(-n2cccn2)cc1)c1cccc2nonc12. The van der Waals surface area contributed by atoms with Gasteiger partial charge >= 0.3 is 0 Å². The van der Waals surface area contributed by atoms with E-state index in [-0.39, 0.29) is 17.0 Å². The Kier molecular flexibility index (Phi) is 3.79. The summed E-state index contributed by atoms with van der Waals surface area (Å²) in [4.78, 5) is 0.0411. The Morgan fingerprint density at radius 2 is 1.88 bits per heavy atom. The first-order valence-corrected chi connectivity index (χ1v) is 8.92. The van der Waals surface area contributed by atoms with E-state index in [1.165, 1.54) is 6.07 Å². The Labute approximate surface area is 143 Å². The second-order valence-electron chi connectivity index (χ2n) is 5.33. The summed E-state index contributed by atoms with van der Waals surface area (Å²) in [6.45, 7) is 0.156. The molecular formula is C16H13N5O3S. The van der Waals surface area contributed by atoms with Gasteiger partial charge in [-0.2, -0.15) is 5.10 Å². The van der Waals surface area contributed by atoms with Crippen molar-refractivity contribution < 1.29 is 13.0 Å². The average Bonchev–Trinajstić information content (AvgIpc) is 3.31. The molecule has 0 saturated heterocycles. The van der Waals surface area contributed by atoms with E-state index in [0.717, 1.165) is 11.3 Å². The molecule has 4 rings (SSSR count). The quantitative estimate of drug-likeness (QED) is 0.586. The van der Waals surface area contributed by atoms with E-state index in [2.05, 4.69) is 24.8 Å². The van der Waals surface area contributed by atoms with Gasteiger partial charge < -0.3 is 0 Å². The van der Waals surface area contributed by atoms with Gasteiger partial charge in [-0.15, -0.1) is 0 Å². The van der Waals surface area contributed by atoms with E-state index < -0.39 is 10.0 Å². The highest BCUT2D eigenvalue weighted by molar-refractivity contribution is 7.89. The second-order valence-corrected chi connectivity index (χ2v) is 7.07. The Balaban J connectivity index is 1.53. The van der Waals surface area contributed by atoms with Crippen LogP contribution in [0.3, 0.4) is 0 Å². The van der Waals surface area contributed by atoms with Crippen LogP contribution in [0.25, 0.3) is 16.7 Å². The molecule has 1 N–H and O–H groups in total. The van der Waals surface area contributed by atoms with Gasteiger partial charge in [0.1, 0.15) is 10.4 Å². The van der Waals surface area contributed by atoms with Gasteiger partial charge in [-0.25, -0.2) is 22.5 Å². The Hall–Kier alpha value is -3.04. The van der Waals surface area contributed by atoms with Crippen molar-refractivity contribution >= 4 is 21.1 Å². The van der Waals surface area contributed by atoms with Crippen LogP contribution >= 0.6 is 0 Å². The third kappa shape index (κ3) is 3.02. The highest BCUT2D eigenvalue weighted by Crippen LogP contribution is 2.19. The van der Waals surface area contributed by atoms with E-state index >= 15 is 0 Å². The molecule has 0 spiro atoms. The lowest BCUT2D eigenvalue weighted by Gasteiger charge is -2.08. The number of nitrogens with zero attached hydrogens (tertiary/aromatic N) is 4. The minimum atomic E-state index is -3.74. The van der Waals surface area contributed by atoms with Gasteiger partial charge in [0.05, 0.1) is 5.69 Å². The highest BCUT2D eigenvalue weighted by Gasteiger charge is 2.19. The van der Waals surface area contributed by atoms with Crippen LogP contribution in [0.15, 0.2) is 70.4 Å². The molecule has 0 amide bonds. The lowest BCUT2D eigenvalue weighted by molar-refractivity contribution is 0.315. The topological polar surface area (TPSA) is 103 Å². The zero-order valence-electron chi connectivity index (χ0n) is 12.9. The van der Waals surface area contributed by atoms with Crippen LogP contribution in [0.2, 0.25) is 0 Å². The van der Waals surface area contributed by atoms with Crippen molar-refractivity contribution in [1.82, 2.24) is 24.8 Å². The maximum Gasteiger partial charge on any atom is 0.243 e. The predicted molar refractivity (Wildman–Crippen MR) is 89.4 cm³/mol. The fourth-order valence-corrected chi connectivity index (χ4v) is 3.61. The molecule has 0 aliphatic rings. The summed E-state index contributed by atoms with van der Waals surface area (Å²) in [5.74, 6) is 0. The Morgan fingerprint density at radius 1 is 1.04 bits per heavy atom. The molecule has 2 aromatic heterocycles. The van der Waals surface area contributed by atoms with Gasteiger partial charge in [0.25, 0.3) is 0 Å². The first kappa shape index (κ1) is 15.5. The lowest BCUT2D eigenvalue weighted by Crippen LogP contribution is -2.23. The summed E-state index contributed by atoms with van der Waals surface area (Å²) in [6, 6.07) is 14.0. The van der Waals surface area contributed by atoms with E-state index in [4.69, 9.17) is 0 Å². The van der Waals surface area contributed by atoms with E-state index in [1.807, 2.05) is 36.5 Å². The van der Waals surface area contributed by atoms with Crippen molar-refractivity contribution in [2.24, 2.45) is 0 Å². The van der Waals surface area contributed by atoms with Crippen LogP contribution < -0.4 is 4.72 Å². The van der Waals surface area contributed by atoms with E-state index in [0.29, 0.717) is 5.52 Å². The van der Waals surface area contributed by atoms with Crippen LogP contribution in [-0.2, 0) is 16.6 Å². The highest BCUT2D eigenvalue weighted by atomic mass is 32.2. The third-order valence-corrected chi connectivity index (χ3v) is 5.14. The lowest BCUT2D eigenvalue weighted by atomic mass is 10.2. The molecule has 0 unspecified atom stereocenters. The summed E-state index contributed by atoms with van der Waals surface area (Å²) in [5, 5.41) is 11.5. The van der Waals surface area contributed by atoms with Crippen molar-refractivity contribution in [3.63, 3.8) is 0 Å². The zero-order valence-corrected chi connectivity index (χ0v) is 13.7. The standard InChI is InChI=1S/C16H13N5O3S/c22-25(23,15-4-1-3-14-16(15)20-24-19-14)18-11-12-5-7-13(8-6-12)21-10-2-9-17-21/h1-10,18H,11H2. The number of fused-ring (bicyclic) bond motifs is 1. The van der Waals surface area contributed by atoms with Crippen LogP contribution in [0.4, 0.5) is 0 Å². The molecule has 0 atom stereocenters. The number of hydrogen-bond acceptors (Lipinski definition) is 6. The molecular weight excluding hydrogens is 342 g/mol. The number of aromatic nitrogens is 4. The average molecular weight is 355 g/mol. The number of hydrogen-bond donors (Lipinski definition) is 1. The third-order valence-electron chi connectivity index (χ3n) is 3.71.